The molecule has 0 saturated carbocycles. The quantitative estimate of drug-likeness (QED) is 0.580. The van der Waals surface area contributed by atoms with Crippen molar-refractivity contribution in [3.63, 3.8) is 0 Å². The number of hydrogen-bond donors (Lipinski definition) is 1. The van der Waals surface area contributed by atoms with E-state index in [4.69, 9.17) is 10.4 Å². The average Bonchev–Trinajstić information content (AvgIpc) is 2.11. The predicted molar refractivity (Wildman–Crippen MR) is 48.7 cm³/mol. The third kappa shape index (κ3) is 6.14. The third-order valence-corrected chi connectivity index (χ3v) is 1.87. The van der Waals surface area contributed by atoms with Crippen LogP contribution in [0.4, 0.5) is 0 Å². The molecule has 0 aliphatic rings. The molecule has 0 aromatic heterocycles. The summed E-state index contributed by atoms with van der Waals surface area (Å²) in [6.07, 6.45) is 2.49. The number of aliphatic hydroxyl groups excluding tert-OH is 1. The summed E-state index contributed by atoms with van der Waals surface area (Å²) in [4.78, 5) is 2.24. The monoisotopic (exact) mass is 170 g/mol. The SMILES string of the molecule is CCN(CCC#N)CCCCO. The minimum atomic E-state index is 0.274. The van der Waals surface area contributed by atoms with Crippen LogP contribution in [0.15, 0.2) is 0 Å². The van der Waals surface area contributed by atoms with Crippen molar-refractivity contribution >= 4 is 0 Å². The standard InChI is InChI=1S/C9H18N2O/c1-2-11(8-5-6-10)7-3-4-9-12/h12H,2-5,7-9H2,1H3. The number of unbranched alkanes of at least 4 members (excludes halogenated alkanes) is 1. The summed E-state index contributed by atoms with van der Waals surface area (Å²) in [6.45, 7) is 5.22. The molecule has 0 saturated heterocycles. The lowest BCUT2D eigenvalue weighted by Crippen LogP contribution is -2.25. The number of aliphatic hydroxyl groups is 1. The van der Waals surface area contributed by atoms with Gasteiger partial charge < -0.3 is 10.0 Å². The summed E-state index contributed by atoms with van der Waals surface area (Å²) in [7, 11) is 0. The highest BCUT2D eigenvalue weighted by molar-refractivity contribution is 4.71. The first-order valence-corrected chi connectivity index (χ1v) is 4.55. The minimum absolute atomic E-state index is 0.274. The first kappa shape index (κ1) is 11.4. The van der Waals surface area contributed by atoms with Crippen LogP contribution in [0.2, 0.25) is 0 Å². The van der Waals surface area contributed by atoms with Crippen molar-refractivity contribution < 1.29 is 5.11 Å². The van der Waals surface area contributed by atoms with Crippen LogP contribution in [0.5, 0.6) is 0 Å². The number of rotatable bonds is 7. The van der Waals surface area contributed by atoms with Crippen molar-refractivity contribution in [1.82, 2.24) is 4.90 Å². The molecule has 3 nitrogen and oxygen atoms in total. The van der Waals surface area contributed by atoms with Crippen LogP contribution in [-0.2, 0) is 0 Å². The van der Waals surface area contributed by atoms with E-state index in [1.807, 2.05) is 0 Å². The Hall–Kier alpha value is -0.590. The molecule has 0 aromatic carbocycles. The maximum atomic E-state index is 8.56. The molecular formula is C9H18N2O. The Balaban J connectivity index is 3.34. The molecular weight excluding hydrogens is 152 g/mol. The molecule has 3 heteroatoms. The molecule has 0 amide bonds. The van der Waals surface area contributed by atoms with E-state index < -0.39 is 0 Å². The van der Waals surface area contributed by atoms with Gasteiger partial charge in [0.1, 0.15) is 0 Å². The fraction of sp³-hybridized carbons (Fsp3) is 0.889. The zero-order valence-corrected chi connectivity index (χ0v) is 7.79. The number of nitrogens with zero attached hydrogens (tertiary/aromatic N) is 2. The van der Waals surface area contributed by atoms with E-state index in [0.717, 1.165) is 32.5 Å². The second kappa shape index (κ2) is 8.51. The normalized spacial score (nSPS) is 10.2. The smallest absolute Gasteiger partial charge is 0.0635 e. The second-order valence-corrected chi connectivity index (χ2v) is 2.77. The molecule has 70 valence electrons. The molecule has 0 aliphatic carbocycles. The van der Waals surface area contributed by atoms with Crippen molar-refractivity contribution in [2.45, 2.75) is 26.2 Å². The van der Waals surface area contributed by atoms with Crippen LogP contribution in [-0.4, -0.2) is 36.2 Å². The molecule has 0 bridgehead atoms. The van der Waals surface area contributed by atoms with Gasteiger partial charge in [-0.2, -0.15) is 5.26 Å². The van der Waals surface area contributed by atoms with E-state index in [1.165, 1.54) is 0 Å². The van der Waals surface area contributed by atoms with Gasteiger partial charge in [-0.05, 0) is 25.9 Å². The maximum absolute atomic E-state index is 8.56. The zero-order chi connectivity index (χ0) is 9.23. The summed E-state index contributed by atoms with van der Waals surface area (Å²) in [5.74, 6) is 0. The summed E-state index contributed by atoms with van der Waals surface area (Å²) in [5, 5.41) is 16.9. The molecule has 0 unspecified atom stereocenters. The van der Waals surface area contributed by atoms with E-state index in [0.29, 0.717) is 6.42 Å². The van der Waals surface area contributed by atoms with E-state index >= 15 is 0 Å². The highest BCUT2D eigenvalue weighted by atomic mass is 16.2. The number of hydrogen-bond acceptors (Lipinski definition) is 3. The molecule has 0 aliphatic heterocycles. The Morgan fingerprint density at radius 1 is 1.33 bits per heavy atom. The number of nitriles is 1. The highest BCUT2D eigenvalue weighted by Gasteiger charge is 1.99. The molecule has 1 N–H and O–H groups in total. The van der Waals surface area contributed by atoms with Gasteiger partial charge in [0.15, 0.2) is 0 Å². The second-order valence-electron chi connectivity index (χ2n) is 2.77. The van der Waals surface area contributed by atoms with Crippen LogP contribution in [0.3, 0.4) is 0 Å². The van der Waals surface area contributed by atoms with Gasteiger partial charge in [-0.15, -0.1) is 0 Å². The van der Waals surface area contributed by atoms with Crippen molar-refractivity contribution in [3.8, 4) is 6.07 Å². The van der Waals surface area contributed by atoms with Gasteiger partial charge in [-0.3, -0.25) is 0 Å². The van der Waals surface area contributed by atoms with Gasteiger partial charge in [0.05, 0.1) is 6.07 Å². The van der Waals surface area contributed by atoms with Gasteiger partial charge in [-0.1, -0.05) is 6.92 Å². The van der Waals surface area contributed by atoms with Gasteiger partial charge in [0, 0.05) is 19.6 Å². The van der Waals surface area contributed by atoms with E-state index in [-0.39, 0.29) is 6.61 Å². The molecule has 0 radical (unpaired) electrons. The van der Waals surface area contributed by atoms with Gasteiger partial charge >= 0.3 is 0 Å². The van der Waals surface area contributed by atoms with Crippen molar-refractivity contribution in [3.05, 3.63) is 0 Å². The van der Waals surface area contributed by atoms with Crippen molar-refractivity contribution in [2.75, 3.05) is 26.2 Å². The fourth-order valence-corrected chi connectivity index (χ4v) is 1.08. The Bertz CT molecular complexity index is 131. The Morgan fingerprint density at radius 3 is 2.58 bits per heavy atom. The fourth-order valence-electron chi connectivity index (χ4n) is 1.08. The molecule has 0 aromatic rings. The largest absolute Gasteiger partial charge is 0.396 e. The Labute approximate surface area is 74.6 Å². The third-order valence-electron chi connectivity index (χ3n) is 1.87. The first-order chi connectivity index (χ1) is 5.85. The molecule has 12 heavy (non-hydrogen) atoms. The molecule has 0 rings (SSSR count). The maximum Gasteiger partial charge on any atom is 0.0635 e. The average molecular weight is 170 g/mol. The Kier molecular flexibility index (Phi) is 8.09. The minimum Gasteiger partial charge on any atom is -0.396 e. The van der Waals surface area contributed by atoms with E-state index in [2.05, 4.69) is 17.9 Å². The van der Waals surface area contributed by atoms with E-state index in [9.17, 15) is 0 Å². The summed E-state index contributed by atoms with van der Waals surface area (Å²) in [6, 6.07) is 2.13. The van der Waals surface area contributed by atoms with Crippen LogP contribution in [0.25, 0.3) is 0 Å². The highest BCUT2D eigenvalue weighted by Crippen LogP contribution is 1.95. The lowest BCUT2D eigenvalue weighted by Gasteiger charge is -2.17. The molecule has 0 fully saturated rings. The van der Waals surface area contributed by atoms with Gasteiger partial charge in [0.2, 0.25) is 0 Å². The van der Waals surface area contributed by atoms with Gasteiger partial charge in [0.25, 0.3) is 0 Å². The molecule has 0 heterocycles. The predicted octanol–water partition coefficient (Wildman–Crippen LogP) is 0.994. The topological polar surface area (TPSA) is 47.3 Å². The van der Waals surface area contributed by atoms with Crippen LogP contribution >= 0.6 is 0 Å². The Morgan fingerprint density at radius 2 is 2.08 bits per heavy atom. The summed E-state index contributed by atoms with van der Waals surface area (Å²) >= 11 is 0. The lowest BCUT2D eigenvalue weighted by atomic mass is 10.3. The lowest BCUT2D eigenvalue weighted by molar-refractivity contribution is 0.251. The van der Waals surface area contributed by atoms with Crippen LogP contribution in [0.1, 0.15) is 26.2 Å². The van der Waals surface area contributed by atoms with Crippen molar-refractivity contribution in [1.29, 1.82) is 5.26 Å². The summed E-state index contributed by atoms with van der Waals surface area (Å²) in [5.41, 5.74) is 0. The zero-order valence-electron chi connectivity index (χ0n) is 7.79. The van der Waals surface area contributed by atoms with Crippen LogP contribution in [0, 0.1) is 11.3 Å². The van der Waals surface area contributed by atoms with Crippen LogP contribution < -0.4 is 0 Å². The van der Waals surface area contributed by atoms with Crippen molar-refractivity contribution in [2.24, 2.45) is 0 Å². The molecule has 0 atom stereocenters. The summed E-state index contributed by atoms with van der Waals surface area (Å²) < 4.78 is 0. The van der Waals surface area contributed by atoms with E-state index in [1.54, 1.807) is 0 Å². The van der Waals surface area contributed by atoms with Gasteiger partial charge in [-0.25, -0.2) is 0 Å². The first-order valence-electron chi connectivity index (χ1n) is 4.55. The molecule has 0 spiro atoms.